The molecule has 108 valence electrons. The molecule has 0 aliphatic rings. The summed E-state index contributed by atoms with van der Waals surface area (Å²) in [6, 6.07) is 0. The van der Waals surface area contributed by atoms with Crippen LogP contribution in [0.4, 0.5) is 0 Å². The van der Waals surface area contributed by atoms with Gasteiger partial charge in [-0.25, -0.2) is 0 Å². The van der Waals surface area contributed by atoms with E-state index in [0.29, 0.717) is 11.6 Å². The first-order valence-electron chi connectivity index (χ1n) is 6.50. The van der Waals surface area contributed by atoms with Gasteiger partial charge in [-0.2, -0.15) is 10.2 Å². The number of carbonyl (C=O) groups excluding carboxylic acids is 1. The molecule has 2 aromatic heterocycles. The number of hydrogen-bond donors (Lipinski definition) is 1. The van der Waals surface area contributed by atoms with E-state index >= 15 is 0 Å². The molecule has 0 spiro atoms. The standard InChI is InChI=1S/C13H18ClN5O/c1-10-6-16-19(7-10)9-13(20)15-4-3-5-18-8-12(14)11(2)17-18/h6-8H,3-5,9H2,1-2H3,(H,15,20). The second kappa shape index (κ2) is 6.56. The molecule has 0 saturated carbocycles. The van der Waals surface area contributed by atoms with Gasteiger partial charge in [-0.3, -0.25) is 14.2 Å². The zero-order chi connectivity index (χ0) is 14.5. The van der Waals surface area contributed by atoms with E-state index in [4.69, 9.17) is 11.6 Å². The van der Waals surface area contributed by atoms with Gasteiger partial charge in [0.15, 0.2) is 0 Å². The summed E-state index contributed by atoms with van der Waals surface area (Å²) in [6.45, 7) is 5.40. The number of hydrogen-bond acceptors (Lipinski definition) is 3. The molecule has 0 aliphatic heterocycles. The average molecular weight is 296 g/mol. The van der Waals surface area contributed by atoms with Crippen LogP contribution in [0, 0.1) is 13.8 Å². The summed E-state index contributed by atoms with van der Waals surface area (Å²) in [6.07, 6.45) is 6.18. The summed E-state index contributed by atoms with van der Waals surface area (Å²) in [5, 5.41) is 11.9. The van der Waals surface area contributed by atoms with Crippen LogP contribution >= 0.6 is 11.6 Å². The summed E-state index contributed by atoms with van der Waals surface area (Å²) in [5.74, 6) is -0.0391. The first-order valence-corrected chi connectivity index (χ1v) is 6.87. The number of aromatic nitrogens is 4. The predicted octanol–water partition coefficient (Wildman–Crippen LogP) is 1.56. The monoisotopic (exact) mass is 295 g/mol. The molecular weight excluding hydrogens is 278 g/mol. The highest BCUT2D eigenvalue weighted by Crippen LogP contribution is 2.11. The lowest BCUT2D eigenvalue weighted by molar-refractivity contribution is -0.121. The number of carbonyl (C=O) groups is 1. The zero-order valence-corrected chi connectivity index (χ0v) is 12.4. The lowest BCUT2D eigenvalue weighted by Gasteiger charge is -2.05. The quantitative estimate of drug-likeness (QED) is 0.823. The Kier molecular flexibility index (Phi) is 4.79. The van der Waals surface area contributed by atoms with Gasteiger partial charge in [0.2, 0.25) is 5.91 Å². The molecule has 20 heavy (non-hydrogen) atoms. The van der Waals surface area contributed by atoms with Crippen molar-refractivity contribution in [3.63, 3.8) is 0 Å². The zero-order valence-electron chi connectivity index (χ0n) is 11.6. The van der Waals surface area contributed by atoms with Crippen molar-refractivity contribution >= 4 is 17.5 Å². The van der Waals surface area contributed by atoms with Crippen LogP contribution in [-0.2, 0) is 17.9 Å². The van der Waals surface area contributed by atoms with Crippen molar-refractivity contribution in [1.29, 1.82) is 0 Å². The summed E-state index contributed by atoms with van der Waals surface area (Å²) in [5.41, 5.74) is 1.87. The second-order valence-corrected chi connectivity index (χ2v) is 5.15. The van der Waals surface area contributed by atoms with Crippen LogP contribution in [0.3, 0.4) is 0 Å². The van der Waals surface area contributed by atoms with Gasteiger partial charge in [0.1, 0.15) is 6.54 Å². The van der Waals surface area contributed by atoms with E-state index < -0.39 is 0 Å². The van der Waals surface area contributed by atoms with E-state index in [1.807, 2.05) is 20.0 Å². The molecule has 0 aromatic carbocycles. The van der Waals surface area contributed by atoms with E-state index in [2.05, 4.69) is 15.5 Å². The van der Waals surface area contributed by atoms with Crippen LogP contribution in [0.25, 0.3) is 0 Å². The van der Waals surface area contributed by atoms with Crippen molar-refractivity contribution in [2.24, 2.45) is 0 Å². The third kappa shape index (κ3) is 4.09. The van der Waals surface area contributed by atoms with Crippen molar-refractivity contribution in [2.75, 3.05) is 6.54 Å². The topological polar surface area (TPSA) is 64.7 Å². The molecule has 0 aliphatic carbocycles. The molecule has 2 rings (SSSR count). The second-order valence-electron chi connectivity index (χ2n) is 4.74. The maximum atomic E-state index is 11.7. The van der Waals surface area contributed by atoms with Gasteiger partial charge >= 0.3 is 0 Å². The fraction of sp³-hybridized carbons (Fsp3) is 0.462. The lowest BCUT2D eigenvalue weighted by atomic mass is 10.4. The minimum absolute atomic E-state index is 0.0391. The highest BCUT2D eigenvalue weighted by atomic mass is 35.5. The van der Waals surface area contributed by atoms with E-state index in [1.165, 1.54) is 0 Å². The minimum atomic E-state index is -0.0391. The molecule has 0 fully saturated rings. The van der Waals surface area contributed by atoms with E-state index in [0.717, 1.165) is 24.2 Å². The molecule has 2 heterocycles. The molecule has 0 atom stereocenters. The fourth-order valence-electron chi connectivity index (χ4n) is 1.83. The Morgan fingerprint density at radius 3 is 2.75 bits per heavy atom. The third-order valence-corrected chi connectivity index (χ3v) is 3.21. The van der Waals surface area contributed by atoms with Crippen LogP contribution in [0.2, 0.25) is 5.02 Å². The lowest BCUT2D eigenvalue weighted by Crippen LogP contribution is -2.29. The molecule has 2 aromatic rings. The normalized spacial score (nSPS) is 10.8. The number of halogens is 1. The van der Waals surface area contributed by atoms with Gasteiger partial charge in [0.05, 0.1) is 16.9 Å². The number of nitrogens with zero attached hydrogens (tertiary/aromatic N) is 4. The van der Waals surface area contributed by atoms with Crippen molar-refractivity contribution in [3.8, 4) is 0 Å². The Labute approximate surface area is 122 Å². The average Bonchev–Trinajstić information content (AvgIpc) is 2.92. The van der Waals surface area contributed by atoms with Gasteiger partial charge in [-0.1, -0.05) is 11.6 Å². The Morgan fingerprint density at radius 2 is 2.15 bits per heavy atom. The fourth-order valence-corrected chi connectivity index (χ4v) is 1.98. The minimum Gasteiger partial charge on any atom is -0.354 e. The van der Waals surface area contributed by atoms with Crippen molar-refractivity contribution in [1.82, 2.24) is 24.9 Å². The molecule has 6 nitrogen and oxygen atoms in total. The van der Waals surface area contributed by atoms with Gasteiger partial charge in [-0.05, 0) is 25.8 Å². The van der Waals surface area contributed by atoms with Crippen molar-refractivity contribution in [2.45, 2.75) is 33.4 Å². The molecular formula is C13H18ClN5O. The Hall–Kier alpha value is -1.82. The molecule has 0 saturated heterocycles. The van der Waals surface area contributed by atoms with E-state index in [9.17, 15) is 4.79 Å². The highest BCUT2D eigenvalue weighted by Gasteiger charge is 2.04. The molecule has 0 unspecified atom stereocenters. The number of rotatable bonds is 6. The molecule has 1 N–H and O–H groups in total. The maximum absolute atomic E-state index is 11.7. The third-order valence-electron chi connectivity index (χ3n) is 2.84. The largest absolute Gasteiger partial charge is 0.354 e. The molecule has 0 radical (unpaired) electrons. The summed E-state index contributed by atoms with van der Waals surface area (Å²) in [7, 11) is 0. The van der Waals surface area contributed by atoms with Crippen LogP contribution in [-0.4, -0.2) is 32.0 Å². The summed E-state index contributed by atoms with van der Waals surface area (Å²) in [4.78, 5) is 11.7. The number of nitrogens with one attached hydrogen (secondary N) is 1. The van der Waals surface area contributed by atoms with Crippen LogP contribution in [0.1, 0.15) is 17.7 Å². The summed E-state index contributed by atoms with van der Waals surface area (Å²) >= 11 is 5.92. The van der Waals surface area contributed by atoms with Crippen LogP contribution in [0.15, 0.2) is 18.6 Å². The van der Waals surface area contributed by atoms with Gasteiger partial charge in [0.25, 0.3) is 0 Å². The number of amides is 1. The van der Waals surface area contributed by atoms with Gasteiger partial charge < -0.3 is 5.32 Å². The van der Waals surface area contributed by atoms with Gasteiger partial charge in [-0.15, -0.1) is 0 Å². The van der Waals surface area contributed by atoms with Crippen LogP contribution < -0.4 is 5.32 Å². The van der Waals surface area contributed by atoms with Crippen molar-refractivity contribution < 1.29 is 4.79 Å². The van der Waals surface area contributed by atoms with Crippen LogP contribution in [0.5, 0.6) is 0 Å². The first kappa shape index (κ1) is 14.6. The Bertz CT molecular complexity index is 570. The molecule has 1 amide bonds. The SMILES string of the molecule is Cc1cnn(CC(=O)NCCCn2cc(Cl)c(C)n2)c1. The van der Waals surface area contributed by atoms with E-state index in [-0.39, 0.29) is 12.5 Å². The number of aryl methyl sites for hydroxylation is 3. The molecule has 7 heteroatoms. The predicted molar refractivity (Wildman–Crippen MR) is 76.6 cm³/mol. The smallest absolute Gasteiger partial charge is 0.241 e. The van der Waals surface area contributed by atoms with Crippen molar-refractivity contribution in [3.05, 3.63) is 34.9 Å². The first-order chi connectivity index (χ1) is 9.54. The Morgan fingerprint density at radius 1 is 1.35 bits per heavy atom. The Balaban J connectivity index is 1.66. The molecule has 0 bridgehead atoms. The highest BCUT2D eigenvalue weighted by molar-refractivity contribution is 6.31. The van der Waals surface area contributed by atoms with Gasteiger partial charge in [0, 0.05) is 25.5 Å². The summed E-state index contributed by atoms with van der Waals surface area (Å²) < 4.78 is 3.42. The van der Waals surface area contributed by atoms with E-state index in [1.54, 1.807) is 21.8 Å². The maximum Gasteiger partial charge on any atom is 0.241 e.